The Morgan fingerprint density at radius 1 is 1.24 bits per heavy atom. The highest BCUT2D eigenvalue weighted by Gasteiger charge is 2.17. The van der Waals surface area contributed by atoms with Gasteiger partial charge in [0.25, 0.3) is 9.05 Å². The molecule has 0 unspecified atom stereocenters. The Balaban J connectivity index is 1.86. The lowest BCUT2D eigenvalue weighted by atomic mass is 10.2. The number of rotatable bonds is 5. The molecule has 0 aliphatic carbocycles. The van der Waals surface area contributed by atoms with Gasteiger partial charge in [-0.3, -0.25) is 0 Å². The van der Waals surface area contributed by atoms with Crippen LogP contribution >= 0.6 is 22.0 Å². The van der Waals surface area contributed by atoms with Crippen molar-refractivity contribution in [1.29, 1.82) is 0 Å². The fourth-order valence-electron chi connectivity index (χ4n) is 1.61. The van der Waals surface area contributed by atoms with Gasteiger partial charge < -0.3 is 10.1 Å². The lowest BCUT2D eigenvalue weighted by molar-refractivity contribution is 0.139. The first kappa shape index (κ1) is 15.8. The SMILES string of the molecule is O=C(NCc1ccsc1S(=O)(=O)Cl)OCc1ccccc1. The summed E-state index contributed by atoms with van der Waals surface area (Å²) in [6.45, 7) is 0.190. The number of ether oxygens (including phenoxy) is 1. The number of amides is 1. The number of alkyl carbamates (subject to hydrolysis) is 1. The maximum absolute atomic E-state index is 11.6. The summed E-state index contributed by atoms with van der Waals surface area (Å²) in [5.74, 6) is 0. The first-order chi connectivity index (χ1) is 9.97. The number of carbonyl (C=O) groups is 1. The highest BCUT2D eigenvalue weighted by Crippen LogP contribution is 2.25. The molecule has 0 aliphatic heterocycles. The molecule has 1 N–H and O–H groups in total. The summed E-state index contributed by atoms with van der Waals surface area (Å²) in [5, 5.41) is 4.09. The number of hydrogen-bond acceptors (Lipinski definition) is 5. The van der Waals surface area contributed by atoms with Crippen LogP contribution in [0.25, 0.3) is 0 Å². The van der Waals surface area contributed by atoms with E-state index < -0.39 is 15.1 Å². The molecule has 0 saturated carbocycles. The average Bonchev–Trinajstić information content (AvgIpc) is 2.92. The molecule has 0 aliphatic rings. The number of nitrogens with one attached hydrogen (secondary N) is 1. The van der Waals surface area contributed by atoms with Gasteiger partial charge in [0, 0.05) is 22.8 Å². The zero-order chi connectivity index (χ0) is 15.3. The Morgan fingerprint density at radius 2 is 1.95 bits per heavy atom. The predicted octanol–water partition coefficient (Wildman–Crippen LogP) is 3.10. The highest BCUT2D eigenvalue weighted by atomic mass is 35.7. The van der Waals surface area contributed by atoms with E-state index in [1.54, 1.807) is 11.4 Å². The van der Waals surface area contributed by atoms with Crippen molar-refractivity contribution in [2.45, 2.75) is 17.4 Å². The van der Waals surface area contributed by atoms with Gasteiger partial charge in [-0.15, -0.1) is 11.3 Å². The van der Waals surface area contributed by atoms with Crippen LogP contribution < -0.4 is 5.32 Å². The van der Waals surface area contributed by atoms with E-state index in [-0.39, 0.29) is 17.4 Å². The molecule has 1 heterocycles. The van der Waals surface area contributed by atoms with Gasteiger partial charge >= 0.3 is 6.09 Å². The van der Waals surface area contributed by atoms with Crippen molar-refractivity contribution in [1.82, 2.24) is 5.32 Å². The molecule has 0 atom stereocenters. The summed E-state index contributed by atoms with van der Waals surface area (Å²) >= 11 is 1.01. The zero-order valence-electron chi connectivity index (χ0n) is 10.8. The summed E-state index contributed by atoms with van der Waals surface area (Å²) < 4.78 is 27.7. The lowest BCUT2D eigenvalue weighted by Crippen LogP contribution is -2.23. The maximum atomic E-state index is 11.6. The second-order valence-electron chi connectivity index (χ2n) is 4.09. The smallest absolute Gasteiger partial charge is 0.407 e. The molecule has 5 nitrogen and oxygen atoms in total. The lowest BCUT2D eigenvalue weighted by Gasteiger charge is -2.07. The van der Waals surface area contributed by atoms with Gasteiger partial charge in [-0.05, 0) is 17.0 Å². The topological polar surface area (TPSA) is 72.5 Å². The van der Waals surface area contributed by atoms with Crippen LogP contribution in [0, 0.1) is 0 Å². The van der Waals surface area contributed by atoms with Gasteiger partial charge in [0.05, 0.1) is 0 Å². The van der Waals surface area contributed by atoms with E-state index in [2.05, 4.69) is 5.32 Å². The van der Waals surface area contributed by atoms with Crippen molar-refractivity contribution in [2.24, 2.45) is 0 Å². The third-order valence-corrected chi connectivity index (χ3v) is 5.70. The normalized spacial score (nSPS) is 11.1. The number of carbonyl (C=O) groups excluding carboxylic acids is 1. The molecule has 0 fully saturated rings. The molecule has 0 spiro atoms. The molecular formula is C13H12ClNO4S2. The van der Waals surface area contributed by atoms with Gasteiger partial charge in [0.2, 0.25) is 0 Å². The van der Waals surface area contributed by atoms with E-state index >= 15 is 0 Å². The Morgan fingerprint density at radius 3 is 2.62 bits per heavy atom. The molecule has 2 aromatic rings. The van der Waals surface area contributed by atoms with Crippen molar-refractivity contribution < 1.29 is 17.9 Å². The second kappa shape index (κ2) is 6.93. The quantitative estimate of drug-likeness (QED) is 0.845. The largest absolute Gasteiger partial charge is 0.445 e. The highest BCUT2D eigenvalue weighted by molar-refractivity contribution is 8.15. The molecule has 1 aromatic carbocycles. The van der Waals surface area contributed by atoms with E-state index in [1.807, 2.05) is 30.3 Å². The van der Waals surface area contributed by atoms with Crippen LogP contribution in [0.3, 0.4) is 0 Å². The third-order valence-electron chi connectivity index (χ3n) is 2.56. The summed E-state index contributed by atoms with van der Waals surface area (Å²) in [4.78, 5) is 11.6. The first-order valence-electron chi connectivity index (χ1n) is 5.92. The van der Waals surface area contributed by atoms with Gasteiger partial charge in [-0.25, -0.2) is 13.2 Å². The predicted molar refractivity (Wildman–Crippen MR) is 80.8 cm³/mol. The van der Waals surface area contributed by atoms with Crippen LogP contribution in [0.15, 0.2) is 46.0 Å². The number of halogens is 1. The van der Waals surface area contributed by atoms with Crippen LogP contribution in [0.4, 0.5) is 4.79 Å². The Labute approximate surface area is 130 Å². The van der Waals surface area contributed by atoms with Crippen molar-refractivity contribution in [3.8, 4) is 0 Å². The molecule has 21 heavy (non-hydrogen) atoms. The third kappa shape index (κ3) is 4.73. The molecule has 2 rings (SSSR count). The summed E-state index contributed by atoms with van der Waals surface area (Å²) in [5.41, 5.74) is 1.30. The number of hydrogen-bond donors (Lipinski definition) is 1. The van der Waals surface area contributed by atoms with Crippen LogP contribution in [-0.4, -0.2) is 14.5 Å². The van der Waals surface area contributed by atoms with Gasteiger partial charge in [0.15, 0.2) is 0 Å². The summed E-state index contributed by atoms with van der Waals surface area (Å²) in [7, 11) is 1.51. The molecule has 112 valence electrons. The van der Waals surface area contributed by atoms with E-state index in [1.165, 1.54) is 0 Å². The van der Waals surface area contributed by atoms with E-state index in [4.69, 9.17) is 15.4 Å². The fourth-order valence-corrected chi connectivity index (χ4v) is 3.96. The monoisotopic (exact) mass is 345 g/mol. The first-order valence-corrected chi connectivity index (χ1v) is 9.11. The molecule has 0 bridgehead atoms. The van der Waals surface area contributed by atoms with Crippen molar-refractivity contribution >= 4 is 37.2 Å². The van der Waals surface area contributed by atoms with Gasteiger partial charge in [-0.2, -0.15) is 0 Å². The Kier molecular flexibility index (Phi) is 5.22. The average molecular weight is 346 g/mol. The van der Waals surface area contributed by atoms with Crippen molar-refractivity contribution in [3.63, 3.8) is 0 Å². The minimum absolute atomic E-state index is 0.0347. The van der Waals surface area contributed by atoms with Gasteiger partial charge in [0.1, 0.15) is 10.8 Å². The number of benzene rings is 1. The van der Waals surface area contributed by atoms with Crippen LogP contribution in [0.2, 0.25) is 0 Å². The number of thiophene rings is 1. The standard InChI is InChI=1S/C13H12ClNO4S2/c14-21(17,18)12-11(6-7-20-12)8-15-13(16)19-9-10-4-2-1-3-5-10/h1-7H,8-9H2,(H,15,16). The molecule has 0 radical (unpaired) electrons. The Hall–Kier alpha value is -1.57. The van der Waals surface area contributed by atoms with Crippen molar-refractivity contribution in [2.75, 3.05) is 0 Å². The summed E-state index contributed by atoms with van der Waals surface area (Å²) in [6, 6.07) is 10.8. The van der Waals surface area contributed by atoms with Crippen LogP contribution in [0.1, 0.15) is 11.1 Å². The van der Waals surface area contributed by atoms with Crippen molar-refractivity contribution in [3.05, 3.63) is 52.9 Å². The second-order valence-corrected chi connectivity index (χ2v) is 7.76. The summed E-state index contributed by atoms with van der Waals surface area (Å²) in [6.07, 6.45) is -0.622. The van der Waals surface area contributed by atoms with Crippen LogP contribution in [0.5, 0.6) is 0 Å². The maximum Gasteiger partial charge on any atom is 0.407 e. The molecule has 1 amide bonds. The van der Waals surface area contributed by atoms with E-state index in [9.17, 15) is 13.2 Å². The molecular weight excluding hydrogens is 334 g/mol. The minimum atomic E-state index is -3.79. The van der Waals surface area contributed by atoms with E-state index in [0.717, 1.165) is 16.9 Å². The molecule has 8 heteroatoms. The van der Waals surface area contributed by atoms with Crippen LogP contribution in [-0.2, 0) is 26.9 Å². The molecule has 1 aromatic heterocycles. The minimum Gasteiger partial charge on any atom is -0.445 e. The van der Waals surface area contributed by atoms with E-state index in [0.29, 0.717) is 5.56 Å². The fraction of sp³-hybridized carbons (Fsp3) is 0.154. The molecule has 0 saturated heterocycles. The zero-order valence-corrected chi connectivity index (χ0v) is 13.2. The Bertz CT molecular complexity index is 713. The van der Waals surface area contributed by atoms with Gasteiger partial charge in [-0.1, -0.05) is 30.3 Å².